The standard InChI is InChI=1S/C25H20FN3O3S/c26-23-9-7-17(13-24(23)33(31,32)29-19-4-2-1-3-5-19)21-14-22(21)25(30)28-20-8-6-18-15-27-11-10-16(18)12-20/h1-13,15,21-22,29H,14H2,(H,28,30)/t21-,22+/m0/s1. The molecule has 6 nitrogen and oxygen atoms in total. The highest BCUT2D eigenvalue weighted by Gasteiger charge is 2.44. The molecule has 0 aliphatic heterocycles. The highest BCUT2D eigenvalue weighted by Crippen LogP contribution is 2.48. The maximum absolute atomic E-state index is 14.4. The van der Waals surface area contributed by atoms with Gasteiger partial charge in [-0.3, -0.25) is 14.5 Å². The number of anilines is 2. The fourth-order valence-electron chi connectivity index (χ4n) is 3.92. The van der Waals surface area contributed by atoms with E-state index in [2.05, 4.69) is 15.0 Å². The molecule has 0 bridgehead atoms. The predicted molar refractivity (Wildman–Crippen MR) is 125 cm³/mol. The second-order valence-electron chi connectivity index (χ2n) is 8.04. The topological polar surface area (TPSA) is 88.2 Å². The van der Waals surface area contributed by atoms with Gasteiger partial charge in [0.1, 0.15) is 10.7 Å². The van der Waals surface area contributed by atoms with E-state index in [4.69, 9.17) is 0 Å². The van der Waals surface area contributed by atoms with Crippen molar-refractivity contribution in [2.75, 3.05) is 10.0 Å². The number of fused-ring (bicyclic) bond motifs is 1. The highest BCUT2D eigenvalue weighted by atomic mass is 32.2. The molecule has 8 heteroatoms. The maximum atomic E-state index is 14.4. The first-order valence-electron chi connectivity index (χ1n) is 10.4. The number of sulfonamides is 1. The van der Waals surface area contributed by atoms with Gasteiger partial charge < -0.3 is 5.32 Å². The smallest absolute Gasteiger partial charge is 0.264 e. The summed E-state index contributed by atoms with van der Waals surface area (Å²) in [4.78, 5) is 16.4. The lowest BCUT2D eigenvalue weighted by Gasteiger charge is -2.11. The average molecular weight is 462 g/mol. The number of hydrogen-bond acceptors (Lipinski definition) is 4. The van der Waals surface area contributed by atoms with E-state index in [0.717, 1.165) is 16.8 Å². The summed E-state index contributed by atoms with van der Waals surface area (Å²) in [6, 6.07) is 19.8. The fourth-order valence-corrected chi connectivity index (χ4v) is 5.09. The Hall–Kier alpha value is -3.78. The molecule has 0 unspecified atom stereocenters. The van der Waals surface area contributed by atoms with Gasteiger partial charge in [-0.1, -0.05) is 30.3 Å². The number of nitrogens with zero attached hydrogens (tertiary/aromatic N) is 1. The molecule has 0 spiro atoms. The molecular formula is C25H20FN3O3S. The fraction of sp³-hybridized carbons (Fsp3) is 0.120. The molecule has 0 saturated heterocycles. The van der Waals surface area contributed by atoms with E-state index in [1.807, 2.05) is 24.3 Å². The summed E-state index contributed by atoms with van der Waals surface area (Å²) in [7, 11) is -4.11. The molecule has 5 rings (SSSR count). The Morgan fingerprint density at radius 2 is 1.76 bits per heavy atom. The van der Waals surface area contributed by atoms with Gasteiger partial charge in [-0.15, -0.1) is 0 Å². The number of aromatic nitrogens is 1. The predicted octanol–water partition coefficient (Wildman–Crippen LogP) is 4.92. The second-order valence-corrected chi connectivity index (χ2v) is 9.69. The van der Waals surface area contributed by atoms with Crippen molar-refractivity contribution in [2.45, 2.75) is 17.2 Å². The number of nitrogens with one attached hydrogen (secondary N) is 2. The largest absolute Gasteiger partial charge is 0.326 e. The minimum atomic E-state index is -4.11. The minimum absolute atomic E-state index is 0.149. The van der Waals surface area contributed by atoms with E-state index in [9.17, 15) is 17.6 Å². The molecule has 0 radical (unpaired) electrons. The third kappa shape index (κ3) is 4.42. The van der Waals surface area contributed by atoms with Gasteiger partial charge in [-0.2, -0.15) is 0 Å². The van der Waals surface area contributed by atoms with E-state index in [1.54, 1.807) is 42.7 Å². The molecule has 1 aliphatic carbocycles. The van der Waals surface area contributed by atoms with E-state index in [1.165, 1.54) is 12.1 Å². The van der Waals surface area contributed by atoms with Crippen LogP contribution in [0.25, 0.3) is 10.8 Å². The first kappa shape index (κ1) is 21.1. The van der Waals surface area contributed by atoms with Crippen LogP contribution in [-0.4, -0.2) is 19.3 Å². The highest BCUT2D eigenvalue weighted by molar-refractivity contribution is 7.92. The van der Waals surface area contributed by atoms with E-state index in [0.29, 0.717) is 23.4 Å². The molecule has 166 valence electrons. The quantitative estimate of drug-likeness (QED) is 0.427. The summed E-state index contributed by atoms with van der Waals surface area (Å²) in [5, 5.41) is 4.86. The van der Waals surface area contributed by atoms with Gasteiger partial charge in [0.15, 0.2) is 0 Å². The van der Waals surface area contributed by atoms with Gasteiger partial charge in [-0.25, -0.2) is 12.8 Å². The van der Waals surface area contributed by atoms with Crippen LogP contribution in [0.4, 0.5) is 15.8 Å². The molecule has 1 saturated carbocycles. The van der Waals surface area contributed by atoms with Crippen molar-refractivity contribution in [1.82, 2.24) is 4.98 Å². The number of hydrogen-bond donors (Lipinski definition) is 2. The number of carbonyl (C=O) groups excluding carboxylic acids is 1. The second kappa shape index (κ2) is 8.29. The van der Waals surface area contributed by atoms with Crippen LogP contribution in [0.3, 0.4) is 0 Å². The van der Waals surface area contributed by atoms with Crippen LogP contribution in [-0.2, 0) is 14.8 Å². The zero-order chi connectivity index (χ0) is 23.0. The Kier molecular flexibility index (Phi) is 5.30. The molecule has 33 heavy (non-hydrogen) atoms. The zero-order valence-corrected chi connectivity index (χ0v) is 18.2. The van der Waals surface area contributed by atoms with Crippen LogP contribution < -0.4 is 10.0 Å². The van der Waals surface area contributed by atoms with Gasteiger partial charge in [0.25, 0.3) is 10.0 Å². The lowest BCUT2D eigenvalue weighted by atomic mass is 10.1. The normalized spacial score (nSPS) is 17.5. The molecule has 1 amide bonds. The summed E-state index contributed by atoms with van der Waals surface area (Å²) in [6.45, 7) is 0. The summed E-state index contributed by atoms with van der Waals surface area (Å²) < 4.78 is 42.3. The van der Waals surface area contributed by atoms with E-state index >= 15 is 0 Å². The number of halogens is 1. The van der Waals surface area contributed by atoms with Crippen LogP contribution in [0.5, 0.6) is 0 Å². The summed E-state index contributed by atoms with van der Waals surface area (Å²) in [6.07, 6.45) is 4.02. The van der Waals surface area contributed by atoms with Gasteiger partial charge in [0.2, 0.25) is 5.91 Å². The monoisotopic (exact) mass is 461 g/mol. The van der Waals surface area contributed by atoms with Crippen molar-refractivity contribution in [2.24, 2.45) is 5.92 Å². The summed E-state index contributed by atoms with van der Waals surface area (Å²) in [5.74, 6) is -1.46. The third-order valence-corrected chi connectivity index (χ3v) is 7.13. The lowest BCUT2D eigenvalue weighted by Crippen LogP contribution is -2.16. The molecule has 1 aromatic heterocycles. The number of benzene rings is 3. The van der Waals surface area contributed by atoms with Crippen LogP contribution >= 0.6 is 0 Å². The Balaban J connectivity index is 1.32. The van der Waals surface area contributed by atoms with Crippen molar-refractivity contribution >= 4 is 38.1 Å². The molecule has 2 atom stereocenters. The van der Waals surface area contributed by atoms with Gasteiger partial charge >= 0.3 is 0 Å². The molecular weight excluding hydrogens is 441 g/mol. The van der Waals surface area contributed by atoms with Gasteiger partial charge in [0.05, 0.1) is 0 Å². The van der Waals surface area contributed by atoms with Crippen molar-refractivity contribution in [3.63, 3.8) is 0 Å². The zero-order valence-electron chi connectivity index (χ0n) is 17.4. The summed E-state index contributed by atoms with van der Waals surface area (Å²) in [5.41, 5.74) is 1.64. The van der Waals surface area contributed by atoms with Crippen LogP contribution in [0.2, 0.25) is 0 Å². The molecule has 3 aromatic carbocycles. The SMILES string of the molecule is O=C(Nc1ccc2cnccc2c1)[C@@H]1C[C@H]1c1ccc(F)c(S(=O)(=O)Nc2ccccc2)c1. The van der Waals surface area contributed by atoms with Crippen molar-refractivity contribution in [1.29, 1.82) is 0 Å². The van der Waals surface area contributed by atoms with Crippen molar-refractivity contribution in [3.8, 4) is 0 Å². The van der Waals surface area contributed by atoms with Crippen molar-refractivity contribution in [3.05, 3.63) is 96.6 Å². The average Bonchev–Trinajstić information content (AvgIpc) is 3.61. The molecule has 1 aliphatic rings. The Morgan fingerprint density at radius 3 is 2.58 bits per heavy atom. The Bertz CT molecular complexity index is 1460. The number of pyridine rings is 1. The number of amides is 1. The third-order valence-electron chi connectivity index (χ3n) is 5.73. The Labute approximate surface area is 190 Å². The van der Waals surface area contributed by atoms with E-state index < -0.39 is 20.7 Å². The first-order valence-corrected chi connectivity index (χ1v) is 11.9. The minimum Gasteiger partial charge on any atom is -0.326 e. The lowest BCUT2D eigenvalue weighted by molar-refractivity contribution is -0.117. The number of carbonyl (C=O) groups is 1. The maximum Gasteiger partial charge on any atom is 0.264 e. The molecule has 1 heterocycles. The summed E-state index contributed by atoms with van der Waals surface area (Å²) >= 11 is 0. The van der Waals surface area contributed by atoms with Crippen LogP contribution in [0.15, 0.2) is 90.1 Å². The van der Waals surface area contributed by atoms with Crippen LogP contribution in [0, 0.1) is 11.7 Å². The van der Waals surface area contributed by atoms with Crippen molar-refractivity contribution < 1.29 is 17.6 Å². The number of rotatable bonds is 6. The van der Waals surface area contributed by atoms with E-state index in [-0.39, 0.29) is 17.7 Å². The molecule has 2 N–H and O–H groups in total. The molecule has 1 fully saturated rings. The first-order chi connectivity index (χ1) is 15.9. The molecule has 4 aromatic rings. The van der Waals surface area contributed by atoms with Gasteiger partial charge in [-0.05, 0) is 65.8 Å². The Morgan fingerprint density at radius 1 is 0.939 bits per heavy atom. The number of para-hydroxylation sites is 1. The van der Waals surface area contributed by atoms with Crippen LogP contribution in [0.1, 0.15) is 17.9 Å². The van der Waals surface area contributed by atoms with Gasteiger partial charge in [0, 0.05) is 35.1 Å².